The van der Waals surface area contributed by atoms with E-state index >= 15 is 0 Å². The summed E-state index contributed by atoms with van der Waals surface area (Å²) < 4.78 is 5.71. The van der Waals surface area contributed by atoms with Crippen LogP contribution in [-0.2, 0) is 4.79 Å². The number of rotatable bonds is 6. The van der Waals surface area contributed by atoms with Crippen molar-refractivity contribution in [2.45, 2.75) is 6.04 Å². The van der Waals surface area contributed by atoms with Crippen LogP contribution in [0, 0.1) is 0 Å². The van der Waals surface area contributed by atoms with E-state index in [0.717, 1.165) is 10.9 Å². The lowest BCUT2D eigenvalue weighted by molar-refractivity contribution is -0.129. The molecule has 0 bridgehead atoms. The highest BCUT2D eigenvalue weighted by Gasteiger charge is 2.44. The van der Waals surface area contributed by atoms with Gasteiger partial charge < -0.3 is 19.3 Å². The fraction of sp³-hybridized carbons (Fsp3) is 0.217. The zero-order valence-corrected chi connectivity index (χ0v) is 16.3. The number of nitrogens with zero attached hydrogens (tertiary/aromatic N) is 2. The van der Waals surface area contributed by atoms with E-state index in [1.807, 2.05) is 67.5 Å². The van der Waals surface area contributed by atoms with Crippen molar-refractivity contribution in [2.24, 2.45) is 0 Å². The number of ketones is 1. The van der Waals surface area contributed by atoms with Gasteiger partial charge in [0.15, 0.2) is 11.5 Å². The number of amides is 1. The van der Waals surface area contributed by atoms with Crippen molar-refractivity contribution < 1.29 is 19.1 Å². The molecule has 3 aromatic rings. The van der Waals surface area contributed by atoms with Crippen molar-refractivity contribution in [1.82, 2.24) is 9.80 Å². The van der Waals surface area contributed by atoms with E-state index in [0.29, 0.717) is 18.7 Å². The van der Waals surface area contributed by atoms with E-state index in [-0.39, 0.29) is 11.3 Å². The van der Waals surface area contributed by atoms with Crippen molar-refractivity contribution in [3.63, 3.8) is 0 Å². The first-order valence-electron chi connectivity index (χ1n) is 9.44. The maximum atomic E-state index is 13.3. The highest BCUT2D eigenvalue weighted by molar-refractivity contribution is 6.16. The van der Waals surface area contributed by atoms with E-state index in [9.17, 15) is 14.7 Å². The van der Waals surface area contributed by atoms with Gasteiger partial charge in [-0.2, -0.15) is 0 Å². The molecule has 1 N–H and O–H groups in total. The number of Topliss-reactive ketones (excluding diaryl/α,β-unsaturated/α-hetero) is 1. The molecule has 6 nitrogen and oxygen atoms in total. The molecule has 1 amide bonds. The highest BCUT2D eigenvalue weighted by atomic mass is 16.3. The van der Waals surface area contributed by atoms with E-state index in [1.54, 1.807) is 17.0 Å². The Kier molecular flexibility index (Phi) is 4.94. The highest BCUT2D eigenvalue weighted by Crippen LogP contribution is 2.39. The number of likely N-dealkylation sites (N-methyl/N-ethyl adjacent to an activating group) is 1. The van der Waals surface area contributed by atoms with Crippen LogP contribution in [0.5, 0.6) is 0 Å². The molecule has 6 heteroatoms. The Morgan fingerprint density at radius 2 is 1.79 bits per heavy atom. The van der Waals surface area contributed by atoms with E-state index < -0.39 is 23.5 Å². The number of carbonyl (C=O) groups is 2. The zero-order valence-electron chi connectivity index (χ0n) is 16.3. The largest absolute Gasteiger partial charge is 0.503 e. The summed E-state index contributed by atoms with van der Waals surface area (Å²) in [6, 6.07) is 17.6. The van der Waals surface area contributed by atoms with Gasteiger partial charge in [0.1, 0.15) is 5.58 Å². The Labute approximate surface area is 168 Å². The number of furan rings is 1. The van der Waals surface area contributed by atoms with Gasteiger partial charge >= 0.3 is 0 Å². The summed E-state index contributed by atoms with van der Waals surface area (Å²) in [6.07, 6.45) is 0. The number of aliphatic hydroxyl groups excluding tert-OH is 1. The van der Waals surface area contributed by atoms with Gasteiger partial charge in [0.2, 0.25) is 5.78 Å². The van der Waals surface area contributed by atoms with Crippen LogP contribution < -0.4 is 0 Å². The van der Waals surface area contributed by atoms with Crippen molar-refractivity contribution >= 4 is 22.7 Å². The van der Waals surface area contributed by atoms with Gasteiger partial charge in [-0.15, -0.1) is 0 Å². The van der Waals surface area contributed by atoms with Crippen LogP contribution in [0.2, 0.25) is 0 Å². The van der Waals surface area contributed by atoms with Gasteiger partial charge in [-0.05, 0) is 31.8 Å². The van der Waals surface area contributed by atoms with Crippen molar-refractivity contribution in [3.05, 3.63) is 83.3 Å². The van der Waals surface area contributed by atoms with E-state index in [4.69, 9.17) is 4.42 Å². The van der Waals surface area contributed by atoms with Gasteiger partial charge in [0.25, 0.3) is 5.91 Å². The molecule has 0 aliphatic carbocycles. The summed E-state index contributed by atoms with van der Waals surface area (Å²) in [5.74, 6) is -1.42. The smallest absolute Gasteiger partial charge is 0.290 e. The molecule has 1 atom stereocenters. The number of aliphatic hydroxyl groups is 1. The molecule has 0 fully saturated rings. The van der Waals surface area contributed by atoms with Crippen molar-refractivity contribution in [2.75, 3.05) is 27.2 Å². The predicted octanol–water partition coefficient (Wildman–Crippen LogP) is 3.57. The molecule has 1 aliphatic rings. The second-order valence-corrected chi connectivity index (χ2v) is 7.35. The van der Waals surface area contributed by atoms with Crippen LogP contribution in [0.1, 0.15) is 22.2 Å². The first kappa shape index (κ1) is 19.0. The molecule has 2 aromatic carbocycles. The minimum Gasteiger partial charge on any atom is -0.503 e. The molecular weight excluding hydrogens is 368 g/mol. The fourth-order valence-electron chi connectivity index (χ4n) is 3.63. The SMILES string of the molecule is CN(C)CCN1C(=O)C(O)=C(C(=O)c2cc3ccccc3o2)[C@H]1c1ccccc1. The molecule has 4 rings (SSSR count). The third-order valence-electron chi connectivity index (χ3n) is 5.10. The summed E-state index contributed by atoms with van der Waals surface area (Å²) in [4.78, 5) is 29.7. The second kappa shape index (κ2) is 7.56. The zero-order chi connectivity index (χ0) is 20.5. The number of hydrogen-bond donors (Lipinski definition) is 1. The number of para-hydroxylation sites is 1. The third kappa shape index (κ3) is 3.43. The van der Waals surface area contributed by atoms with Crippen molar-refractivity contribution in [1.29, 1.82) is 0 Å². The molecule has 0 radical (unpaired) electrons. The summed E-state index contributed by atoms with van der Waals surface area (Å²) in [7, 11) is 3.82. The molecular formula is C23H22N2O4. The summed E-state index contributed by atoms with van der Waals surface area (Å²) in [5, 5.41) is 11.4. The first-order chi connectivity index (χ1) is 14.0. The Hall–Kier alpha value is -3.38. The Bertz CT molecular complexity index is 1070. The minimum atomic E-state index is -0.663. The van der Waals surface area contributed by atoms with Gasteiger partial charge in [-0.1, -0.05) is 48.5 Å². The van der Waals surface area contributed by atoms with Crippen LogP contribution >= 0.6 is 0 Å². The summed E-state index contributed by atoms with van der Waals surface area (Å²) >= 11 is 0. The number of carbonyl (C=O) groups excluding carboxylic acids is 2. The third-order valence-corrected chi connectivity index (χ3v) is 5.10. The predicted molar refractivity (Wildman–Crippen MR) is 110 cm³/mol. The lowest BCUT2D eigenvalue weighted by Crippen LogP contribution is -2.36. The van der Waals surface area contributed by atoms with Gasteiger partial charge in [-0.3, -0.25) is 9.59 Å². The van der Waals surface area contributed by atoms with Crippen LogP contribution in [0.4, 0.5) is 0 Å². The molecule has 1 aromatic heterocycles. The van der Waals surface area contributed by atoms with Gasteiger partial charge in [-0.25, -0.2) is 0 Å². The quantitative estimate of drug-likeness (QED) is 0.652. The molecule has 1 aliphatic heterocycles. The average Bonchev–Trinajstić information content (AvgIpc) is 3.26. The second-order valence-electron chi connectivity index (χ2n) is 7.35. The topological polar surface area (TPSA) is 74.0 Å². The molecule has 0 unspecified atom stereocenters. The van der Waals surface area contributed by atoms with Gasteiger partial charge in [0, 0.05) is 18.5 Å². The molecule has 0 saturated carbocycles. The number of fused-ring (bicyclic) bond motifs is 1. The Balaban J connectivity index is 1.78. The number of hydrogen-bond acceptors (Lipinski definition) is 5. The lowest BCUT2D eigenvalue weighted by atomic mass is 9.95. The molecule has 2 heterocycles. The number of benzene rings is 2. The maximum Gasteiger partial charge on any atom is 0.290 e. The first-order valence-corrected chi connectivity index (χ1v) is 9.44. The average molecular weight is 390 g/mol. The Morgan fingerprint density at radius 3 is 2.48 bits per heavy atom. The summed E-state index contributed by atoms with van der Waals surface area (Å²) in [5.41, 5.74) is 1.41. The molecule has 0 spiro atoms. The van der Waals surface area contributed by atoms with E-state index in [1.165, 1.54) is 0 Å². The molecule has 29 heavy (non-hydrogen) atoms. The lowest BCUT2D eigenvalue weighted by Gasteiger charge is -2.27. The van der Waals surface area contributed by atoms with Crippen LogP contribution in [-0.4, -0.2) is 53.8 Å². The molecule has 0 saturated heterocycles. The van der Waals surface area contributed by atoms with Crippen molar-refractivity contribution in [3.8, 4) is 0 Å². The van der Waals surface area contributed by atoms with E-state index in [2.05, 4.69) is 0 Å². The standard InChI is InChI=1S/C23H22N2O4/c1-24(2)12-13-25-20(15-8-4-3-5-9-15)19(22(27)23(25)28)21(26)18-14-16-10-6-7-11-17(16)29-18/h3-11,14,20,27H,12-13H2,1-2H3/t20-/m1/s1. The van der Waals surface area contributed by atoms with Crippen LogP contribution in [0.25, 0.3) is 11.0 Å². The normalized spacial score (nSPS) is 17.0. The summed E-state index contributed by atoms with van der Waals surface area (Å²) in [6.45, 7) is 0.987. The maximum absolute atomic E-state index is 13.3. The Morgan fingerprint density at radius 1 is 1.10 bits per heavy atom. The van der Waals surface area contributed by atoms with Crippen LogP contribution in [0.3, 0.4) is 0 Å². The van der Waals surface area contributed by atoms with Crippen LogP contribution in [0.15, 0.2) is 76.4 Å². The fourth-order valence-corrected chi connectivity index (χ4v) is 3.63. The van der Waals surface area contributed by atoms with Gasteiger partial charge in [0.05, 0.1) is 11.6 Å². The molecule has 148 valence electrons. The monoisotopic (exact) mass is 390 g/mol. The minimum absolute atomic E-state index is 0.0546.